The van der Waals surface area contributed by atoms with Gasteiger partial charge in [0.1, 0.15) is 0 Å². The maximum atomic E-state index is 13.5. The Morgan fingerprint density at radius 2 is 1.81 bits per heavy atom. The van der Waals surface area contributed by atoms with E-state index in [0.717, 1.165) is 40.7 Å². The number of halogens is 1. The fraction of sp³-hybridized carbons (Fsp3) is 0.348. The molecule has 2 aromatic carbocycles. The quantitative estimate of drug-likeness (QED) is 0.641. The van der Waals surface area contributed by atoms with Gasteiger partial charge in [0.05, 0.1) is 4.90 Å². The van der Waals surface area contributed by atoms with E-state index in [1.54, 1.807) is 17.3 Å². The SMILES string of the molecule is Cc1cc2c3c([nH]c2cc1S(=O)(=O)N1CCN(c2cccc(Cl)c2)CC1)CCCC3=O. The minimum Gasteiger partial charge on any atom is -0.369 e. The van der Waals surface area contributed by atoms with E-state index < -0.39 is 10.0 Å². The second kappa shape index (κ2) is 7.65. The van der Waals surface area contributed by atoms with E-state index in [1.807, 2.05) is 30.3 Å². The molecule has 0 saturated carbocycles. The van der Waals surface area contributed by atoms with Gasteiger partial charge in [0.15, 0.2) is 5.78 Å². The Hall–Kier alpha value is -2.35. The lowest BCUT2D eigenvalue weighted by atomic mass is 9.94. The van der Waals surface area contributed by atoms with Crippen LogP contribution in [0.4, 0.5) is 5.69 Å². The van der Waals surface area contributed by atoms with Gasteiger partial charge in [-0.2, -0.15) is 4.31 Å². The number of rotatable bonds is 3. The first kappa shape index (κ1) is 20.5. The molecular weight excluding hydrogens is 434 g/mol. The molecule has 1 saturated heterocycles. The van der Waals surface area contributed by atoms with Gasteiger partial charge in [0.25, 0.3) is 0 Å². The lowest BCUT2D eigenvalue weighted by molar-refractivity contribution is 0.0974. The molecule has 5 rings (SSSR count). The topological polar surface area (TPSA) is 73.5 Å². The van der Waals surface area contributed by atoms with Crippen molar-refractivity contribution in [2.45, 2.75) is 31.1 Å². The number of benzene rings is 2. The highest BCUT2D eigenvalue weighted by Crippen LogP contribution is 2.33. The predicted octanol–water partition coefficient (Wildman–Crippen LogP) is 4.16. The largest absolute Gasteiger partial charge is 0.369 e. The smallest absolute Gasteiger partial charge is 0.243 e. The standard InChI is InChI=1S/C23H24ClN3O3S/c1-15-12-18-20(25-19-6-3-7-21(28)23(18)19)14-22(15)31(29,30)27-10-8-26(9-11-27)17-5-2-4-16(24)13-17/h2,4-5,12-14,25H,3,6-11H2,1H3. The Kier molecular flexibility index (Phi) is 5.07. The number of hydrogen-bond acceptors (Lipinski definition) is 4. The minimum absolute atomic E-state index is 0.139. The number of piperazine rings is 1. The predicted molar refractivity (Wildman–Crippen MR) is 123 cm³/mol. The molecule has 2 aliphatic rings. The number of Topliss-reactive ketones (excluding diaryl/α,β-unsaturated/α-hetero) is 1. The van der Waals surface area contributed by atoms with Crippen LogP contribution < -0.4 is 4.90 Å². The molecule has 2 heterocycles. The maximum Gasteiger partial charge on any atom is 0.243 e. The number of aromatic amines is 1. The fourth-order valence-corrected chi connectivity index (χ4v) is 6.56. The van der Waals surface area contributed by atoms with Crippen LogP contribution in [0.25, 0.3) is 10.9 Å². The summed E-state index contributed by atoms with van der Waals surface area (Å²) in [7, 11) is -3.64. The van der Waals surface area contributed by atoms with Gasteiger partial charge in [-0.25, -0.2) is 8.42 Å². The van der Waals surface area contributed by atoms with E-state index >= 15 is 0 Å². The van der Waals surface area contributed by atoms with Crippen molar-refractivity contribution >= 4 is 44.0 Å². The van der Waals surface area contributed by atoms with Crippen LogP contribution in [-0.4, -0.2) is 49.7 Å². The number of nitrogens with one attached hydrogen (secondary N) is 1. The summed E-state index contributed by atoms with van der Waals surface area (Å²) in [5.41, 5.74) is 4.06. The number of H-pyrrole nitrogens is 1. The first-order valence-corrected chi connectivity index (χ1v) is 12.4. The Morgan fingerprint density at radius 1 is 1.03 bits per heavy atom. The van der Waals surface area contributed by atoms with Crippen LogP contribution in [0.2, 0.25) is 5.02 Å². The van der Waals surface area contributed by atoms with Gasteiger partial charge in [-0.1, -0.05) is 17.7 Å². The molecule has 1 aromatic heterocycles. The Balaban J connectivity index is 1.43. The van der Waals surface area contributed by atoms with Gasteiger partial charge in [0.2, 0.25) is 10.0 Å². The lowest BCUT2D eigenvalue weighted by Crippen LogP contribution is -2.48. The van der Waals surface area contributed by atoms with E-state index in [0.29, 0.717) is 48.1 Å². The van der Waals surface area contributed by atoms with Crippen LogP contribution in [0.3, 0.4) is 0 Å². The van der Waals surface area contributed by atoms with Crippen LogP contribution in [0.1, 0.15) is 34.5 Å². The number of aryl methyl sites for hydroxylation is 2. The number of sulfonamides is 1. The summed E-state index contributed by atoms with van der Waals surface area (Å²) in [5, 5.41) is 1.51. The number of fused-ring (bicyclic) bond motifs is 3. The molecule has 6 nitrogen and oxygen atoms in total. The Morgan fingerprint density at radius 3 is 2.55 bits per heavy atom. The molecule has 0 bridgehead atoms. The third-order valence-corrected chi connectivity index (χ3v) is 8.59. The maximum absolute atomic E-state index is 13.5. The summed E-state index contributed by atoms with van der Waals surface area (Å²) in [4.78, 5) is 18.2. The third-order valence-electron chi connectivity index (χ3n) is 6.31. The van der Waals surface area contributed by atoms with Crippen molar-refractivity contribution < 1.29 is 13.2 Å². The number of carbonyl (C=O) groups is 1. The molecular formula is C23H24ClN3O3S. The highest BCUT2D eigenvalue weighted by atomic mass is 35.5. The van der Waals surface area contributed by atoms with Crippen molar-refractivity contribution in [2.75, 3.05) is 31.1 Å². The number of aromatic nitrogens is 1. The molecule has 8 heteroatoms. The highest BCUT2D eigenvalue weighted by molar-refractivity contribution is 7.89. The summed E-state index contributed by atoms with van der Waals surface area (Å²) < 4.78 is 28.5. The van der Waals surface area contributed by atoms with Crippen LogP contribution in [-0.2, 0) is 16.4 Å². The van der Waals surface area contributed by atoms with Crippen molar-refractivity contribution in [3.63, 3.8) is 0 Å². The lowest BCUT2D eigenvalue weighted by Gasteiger charge is -2.35. The summed E-state index contributed by atoms with van der Waals surface area (Å²) in [6.07, 6.45) is 2.21. The van der Waals surface area contributed by atoms with Crippen molar-refractivity contribution in [3.05, 3.63) is 58.2 Å². The molecule has 1 N–H and O–H groups in total. The number of ketones is 1. The molecule has 0 radical (unpaired) electrons. The van der Waals surface area contributed by atoms with Crippen molar-refractivity contribution in [1.82, 2.24) is 9.29 Å². The van der Waals surface area contributed by atoms with Gasteiger partial charge >= 0.3 is 0 Å². The average Bonchev–Trinajstić information content (AvgIpc) is 3.12. The van der Waals surface area contributed by atoms with E-state index in [9.17, 15) is 13.2 Å². The van der Waals surface area contributed by atoms with Crippen molar-refractivity contribution in [2.24, 2.45) is 0 Å². The van der Waals surface area contributed by atoms with E-state index in [2.05, 4.69) is 9.88 Å². The zero-order valence-electron chi connectivity index (χ0n) is 17.3. The summed E-state index contributed by atoms with van der Waals surface area (Å²) >= 11 is 6.10. The molecule has 0 spiro atoms. The number of nitrogens with zero attached hydrogens (tertiary/aromatic N) is 2. The molecule has 0 atom stereocenters. The summed E-state index contributed by atoms with van der Waals surface area (Å²) in [6.45, 7) is 3.83. The van der Waals surface area contributed by atoms with Crippen LogP contribution in [0.5, 0.6) is 0 Å². The summed E-state index contributed by atoms with van der Waals surface area (Å²) in [5.74, 6) is 0.139. The molecule has 0 unspecified atom stereocenters. The van der Waals surface area contributed by atoms with Gasteiger partial charge < -0.3 is 9.88 Å². The minimum atomic E-state index is -3.64. The highest BCUT2D eigenvalue weighted by Gasteiger charge is 2.31. The van der Waals surface area contributed by atoms with E-state index in [4.69, 9.17) is 11.6 Å². The molecule has 1 aliphatic carbocycles. The average molecular weight is 458 g/mol. The molecule has 162 valence electrons. The number of hydrogen-bond donors (Lipinski definition) is 1. The van der Waals surface area contributed by atoms with Crippen LogP contribution >= 0.6 is 11.6 Å². The molecule has 3 aromatic rings. The molecule has 1 aliphatic heterocycles. The zero-order valence-corrected chi connectivity index (χ0v) is 18.9. The van der Waals surface area contributed by atoms with Crippen LogP contribution in [0, 0.1) is 6.92 Å². The summed E-state index contributed by atoms with van der Waals surface area (Å²) in [6, 6.07) is 11.2. The third kappa shape index (κ3) is 3.54. The van der Waals surface area contributed by atoms with Gasteiger partial charge in [-0.15, -0.1) is 0 Å². The zero-order chi connectivity index (χ0) is 21.8. The normalized spacial score (nSPS) is 17.9. The molecule has 0 amide bonds. The van der Waals surface area contributed by atoms with Gasteiger partial charge in [0, 0.05) is 65.5 Å². The van der Waals surface area contributed by atoms with Crippen molar-refractivity contribution in [1.29, 1.82) is 0 Å². The van der Waals surface area contributed by atoms with E-state index in [-0.39, 0.29) is 5.78 Å². The van der Waals surface area contributed by atoms with E-state index in [1.165, 1.54) is 0 Å². The monoisotopic (exact) mass is 457 g/mol. The van der Waals surface area contributed by atoms with Crippen LogP contribution in [0.15, 0.2) is 41.3 Å². The fourth-order valence-electron chi connectivity index (χ4n) is 4.72. The first-order valence-electron chi connectivity index (χ1n) is 10.5. The molecule has 31 heavy (non-hydrogen) atoms. The Bertz CT molecular complexity index is 1290. The van der Waals surface area contributed by atoms with Gasteiger partial charge in [-0.3, -0.25) is 4.79 Å². The molecule has 1 fully saturated rings. The number of anilines is 1. The Labute approximate surface area is 186 Å². The van der Waals surface area contributed by atoms with Crippen molar-refractivity contribution in [3.8, 4) is 0 Å². The van der Waals surface area contributed by atoms with Gasteiger partial charge in [-0.05, 0) is 55.7 Å². The first-order chi connectivity index (χ1) is 14.8. The second-order valence-corrected chi connectivity index (χ2v) is 10.6. The second-order valence-electron chi connectivity index (χ2n) is 8.29. The number of carbonyl (C=O) groups excluding carboxylic acids is 1.